The van der Waals surface area contributed by atoms with Gasteiger partial charge in [0.05, 0.1) is 19.4 Å². The van der Waals surface area contributed by atoms with Crippen molar-refractivity contribution in [3.8, 4) is 5.75 Å². The predicted octanol–water partition coefficient (Wildman–Crippen LogP) is 3.67. The van der Waals surface area contributed by atoms with Crippen LogP contribution in [-0.2, 0) is 13.1 Å². The van der Waals surface area contributed by atoms with Crippen LogP contribution in [0.2, 0.25) is 0 Å². The number of aromatic amines is 1. The second-order valence-electron chi connectivity index (χ2n) is 6.23. The highest BCUT2D eigenvalue weighted by Crippen LogP contribution is 2.21. The minimum atomic E-state index is -0.220. The van der Waals surface area contributed by atoms with Crippen LogP contribution in [-0.4, -0.2) is 26.1 Å². The molecule has 0 radical (unpaired) electrons. The summed E-state index contributed by atoms with van der Waals surface area (Å²) in [5.74, 6) is 0.863. The van der Waals surface area contributed by atoms with Gasteiger partial charge in [-0.1, -0.05) is 32.0 Å². The van der Waals surface area contributed by atoms with E-state index in [1.165, 1.54) is 0 Å². The number of nitrogens with zero attached hydrogens (tertiary/aromatic N) is 2. The molecule has 6 heteroatoms. The molecule has 25 heavy (non-hydrogen) atoms. The third-order valence-electron chi connectivity index (χ3n) is 4.01. The average molecular weight is 339 g/mol. The smallest absolute Gasteiger partial charge is 0.275 e. The first kappa shape index (κ1) is 16.8. The quantitative estimate of drug-likeness (QED) is 0.718. The Morgan fingerprint density at radius 1 is 1.24 bits per heavy atom. The van der Waals surface area contributed by atoms with E-state index in [1.54, 1.807) is 41.5 Å². The van der Waals surface area contributed by atoms with Gasteiger partial charge in [0.25, 0.3) is 5.91 Å². The number of H-pyrrole nitrogens is 1. The monoisotopic (exact) mass is 339 g/mol. The first-order valence-electron chi connectivity index (χ1n) is 8.18. The molecule has 0 saturated carbocycles. The highest BCUT2D eigenvalue weighted by Gasteiger charge is 2.22. The van der Waals surface area contributed by atoms with E-state index in [0.29, 0.717) is 23.6 Å². The van der Waals surface area contributed by atoms with Crippen molar-refractivity contribution in [3.05, 3.63) is 71.4 Å². The molecule has 6 nitrogen and oxygen atoms in total. The van der Waals surface area contributed by atoms with Gasteiger partial charge in [0.2, 0.25) is 0 Å². The standard InChI is InChI=1S/C19H21N3O3/c1-13(2)16-10-17(21-20-16)19(24)22(12-15-7-5-9-25-15)11-14-6-3-4-8-18(14)23/h3-10,13,23H,11-12H2,1-2H3,(H,20,21). The minimum Gasteiger partial charge on any atom is -0.508 e. The fraction of sp³-hybridized carbons (Fsp3) is 0.263. The molecule has 2 heterocycles. The summed E-state index contributed by atoms with van der Waals surface area (Å²) < 4.78 is 5.38. The molecule has 0 atom stereocenters. The van der Waals surface area contributed by atoms with Crippen molar-refractivity contribution in [1.29, 1.82) is 0 Å². The Kier molecular flexibility index (Phi) is 4.88. The van der Waals surface area contributed by atoms with Gasteiger partial charge in [0.1, 0.15) is 17.2 Å². The summed E-state index contributed by atoms with van der Waals surface area (Å²) >= 11 is 0. The van der Waals surface area contributed by atoms with Gasteiger partial charge in [0, 0.05) is 11.3 Å². The van der Waals surface area contributed by atoms with Gasteiger partial charge in [-0.05, 0) is 30.2 Å². The number of carbonyl (C=O) groups excluding carboxylic acids is 1. The number of para-hydroxylation sites is 1. The van der Waals surface area contributed by atoms with Crippen LogP contribution in [0.4, 0.5) is 0 Å². The molecule has 0 aliphatic carbocycles. The average Bonchev–Trinajstić information content (AvgIpc) is 3.27. The number of hydrogen-bond acceptors (Lipinski definition) is 4. The van der Waals surface area contributed by atoms with Crippen LogP contribution in [0.3, 0.4) is 0 Å². The zero-order chi connectivity index (χ0) is 17.8. The van der Waals surface area contributed by atoms with Crippen molar-refractivity contribution in [2.24, 2.45) is 0 Å². The van der Waals surface area contributed by atoms with Gasteiger partial charge in [-0.3, -0.25) is 9.89 Å². The second-order valence-corrected chi connectivity index (χ2v) is 6.23. The van der Waals surface area contributed by atoms with E-state index >= 15 is 0 Å². The molecule has 0 bridgehead atoms. The lowest BCUT2D eigenvalue weighted by Crippen LogP contribution is -2.30. The first-order chi connectivity index (χ1) is 12.0. The number of aromatic nitrogens is 2. The Bertz CT molecular complexity index is 837. The third kappa shape index (κ3) is 3.91. The lowest BCUT2D eigenvalue weighted by atomic mass is 10.1. The second kappa shape index (κ2) is 7.25. The van der Waals surface area contributed by atoms with Crippen LogP contribution in [0.25, 0.3) is 0 Å². The van der Waals surface area contributed by atoms with Gasteiger partial charge in [0.15, 0.2) is 0 Å². The van der Waals surface area contributed by atoms with E-state index in [2.05, 4.69) is 10.2 Å². The van der Waals surface area contributed by atoms with Gasteiger partial charge in [-0.25, -0.2) is 0 Å². The Labute approximate surface area is 146 Å². The molecule has 0 aliphatic heterocycles. The fourth-order valence-electron chi connectivity index (χ4n) is 2.54. The SMILES string of the molecule is CC(C)c1cc(C(=O)N(Cc2ccco2)Cc2ccccc2O)n[nH]1. The largest absolute Gasteiger partial charge is 0.508 e. The van der Waals surface area contributed by atoms with Gasteiger partial charge < -0.3 is 14.4 Å². The molecule has 3 rings (SSSR count). The number of nitrogens with one attached hydrogen (secondary N) is 1. The van der Waals surface area contributed by atoms with Crippen LogP contribution in [0, 0.1) is 0 Å². The summed E-state index contributed by atoms with van der Waals surface area (Å²) in [5.41, 5.74) is 1.93. The number of aromatic hydroxyl groups is 1. The van der Waals surface area contributed by atoms with Gasteiger partial charge in [-0.2, -0.15) is 5.10 Å². The lowest BCUT2D eigenvalue weighted by molar-refractivity contribution is 0.0710. The first-order valence-corrected chi connectivity index (χ1v) is 8.18. The molecule has 0 spiro atoms. The summed E-state index contributed by atoms with van der Waals surface area (Å²) in [6.45, 7) is 4.62. The van der Waals surface area contributed by atoms with E-state index in [1.807, 2.05) is 26.0 Å². The van der Waals surface area contributed by atoms with Crippen LogP contribution >= 0.6 is 0 Å². The van der Waals surface area contributed by atoms with Gasteiger partial charge in [-0.15, -0.1) is 0 Å². The summed E-state index contributed by atoms with van der Waals surface area (Å²) in [6.07, 6.45) is 1.57. The number of phenolic OH excluding ortho intramolecular Hbond substituents is 1. The van der Waals surface area contributed by atoms with Crippen molar-refractivity contribution < 1.29 is 14.3 Å². The van der Waals surface area contributed by atoms with Crippen molar-refractivity contribution in [3.63, 3.8) is 0 Å². The van der Waals surface area contributed by atoms with Crippen LogP contribution in [0.15, 0.2) is 53.1 Å². The normalized spacial score (nSPS) is 11.0. The fourth-order valence-corrected chi connectivity index (χ4v) is 2.54. The molecule has 0 aliphatic rings. The number of phenols is 1. The van der Waals surface area contributed by atoms with E-state index in [0.717, 1.165) is 5.69 Å². The molecule has 2 aromatic heterocycles. The van der Waals surface area contributed by atoms with E-state index in [9.17, 15) is 9.90 Å². The van der Waals surface area contributed by atoms with Crippen LogP contribution in [0.5, 0.6) is 5.75 Å². The number of amides is 1. The van der Waals surface area contributed by atoms with Crippen LogP contribution in [0.1, 0.15) is 47.3 Å². The number of rotatable bonds is 6. The maximum Gasteiger partial charge on any atom is 0.275 e. The summed E-state index contributed by atoms with van der Waals surface area (Å²) in [4.78, 5) is 14.5. The molecule has 1 amide bonds. The Balaban J connectivity index is 1.86. The topological polar surface area (TPSA) is 82.4 Å². The molecular weight excluding hydrogens is 318 g/mol. The third-order valence-corrected chi connectivity index (χ3v) is 4.01. The summed E-state index contributed by atoms with van der Waals surface area (Å²) in [5, 5.41) is 17.1. The molecular formula is C19H21N3O3. The number of hydrogen-bond donors (Lipinski definition) is 2. The van der Waals surface area contributed by atoms with Crippen molar-refractivity contribution in [2.45, 2.75) is 32.9 Å². The molecule has 130 valence electrons. The zero-order valence-corrected chi connectivity index (χ0v) is 14.3. The maximum atomic E-state index is 12.9. The molecule has 1 aromatic carbocycles. The Morgan fingerprint density at radius 2 is 2.04 bits per heavy atom. The Hall–Kier alpha value is -3.02. The molecule has 2 N–H and O–H groups in total. The molecule has 0 unspecified atom stereocenters. The molecule has 0 saturated heterocycles. The Morgan fingerprint density at radius 3 is 2.68 bits per heavy atom. The molecule has 0 fully saturated rings. The highest BCUT2D eigenvalue weighted by molar-refractivity contribution is 5.92. The summed E-state index contributed by atoms with van der Waals surface area (Å²) in [7, 11) is 0. The predicted molar refractivity (Wildman–Crippen MR) is 93.1 cm³/mol. The number of carbonyl (C=O) groups is 1. The van der Waals surface area contributed by atoms with Crippen LogP contribution < -0.4 is 0 Å². The number of furan rings is 1. The lowest BCUT2D eigenvalue weighted by Gasteiger charge is -2.21. The minimum absolute atomic E-state index is 0.157. The van der Waals surface area contributed by atoms with E-state index in [-0.39, 0.29) is 24.1 Å². The van der Waals surface area contributed by atoms with Crippen molar-refractivity contribution in [1.82, 2.24) is 15.1 Å². The van der Waals surface area contributed by atoms with Crippen molar-refractivity contribution >= 4 is 5.91 Å². The van der Waals surface area contributed by atoms with E-state index < -0.39 is 0 Å². The zero-order valence-electron chi connectivity index (χ0n) is 14.3. The highest BCUT2D eigenvalue weighted by atomic mass is 16.3. The molecule has 3 aromatic rings. The van der Waals surface area contributed by atoms with Crippen molar-refractivity contribution in [2.75, 3.05) is 0 Å². The van der Waals surface area contributed by atoms with E-state index in [4.69, 9.17) is 4.42 Å². The van der Waals surface area contributed by atoms with Gasteiger partial charge >= 0.3 is 0 Å². The summed E-state index contributed by atoms with van der Waals surface area (Å²) in [6, 6.07) is 12.3. The maximum absolute atomic E-state index is 12.9. The number of benzene rings is 1.